The highest BCUT2D eigenvalue weighted by Gasteiger charge is 2.27. The normalized spacial score (nSPS) is 17.4. The van der Waals surface area contributed by atoms with Gasteiger partial charge in [-0.2, -0.15) is 0 Å². The van der Waals surface area contributed by atoms with Crippen LogP contribution in [0, 0.1) is 5.82 Å². The second-order valence-corrected chi connectivity index (χ2v) is 5.82. The average molecular weight is 300 g/mol. The summed E-state index contributed by atoms with van der Waals surface area (Å²) in [5.41, 5.74) is 9.22. The number of hydrogen-bond acceptors (Lipinski definition) is 2. The molecule has 2 aromatic rings. The van der Waals surface area contributed by atoms with Crippen molar-refractivity contribution in [2.24, 2.45) is 5.73 Å². The third kappa shape index (κ3) is 2.40. The highest BCUT2D eigenvalue weighted by molar-refractivity contribution is 7.80. The summed E-state index contributed by atoms with van der Waals surface area (Å²) < 4.78 is 14.2. The van der Waals surface area contributed by atoms with Gasteiger partial charge < -0.3 is 10.6 Å². The Morgan fingerprint density at radius 3 is 2.67 bits per heavy atom. The van der Waals surface area contributed by atoms with Crippen molar-refractivity contribution in [1.82, 2.24) is 0 Å². The van der Waals surface area contributed by atoms with Crippen molar-refractivity contribution in [1.29, 1.82) is 0 Å². The molecule has 0 saturated heterocycles. The fraction of sp³-hybridized carbons (Fsp3) is 0.235. The number of fused-ring (bicyclic) bond motifs is 1. The number of nitrogens with zero attached hydrogens (tertiary/aromatic N) is 1. The fourth-order valence-electron chi connectivity index (χ4n) is 3.01. The van der Waals surface area contributed by atoms with Crippen LogP contribution in [0.25, 0.3) is 0 Å². The van der Waals surface area contributed by atoms with Crippen molar-refractivity contribution in [3.8, 4) is 0 Å². The lowest BCUT2D eigenvalue weighted by Crippen LogP contribution is -2.35. The van der Waals surface area contributed by atoms with Gasteiger partial charge in [0.25, 0.3) is 0 Å². The number of para-hydroxylation sites is 1. The summed E-state index contributed by atoms with van der Waals surface area (Å²) in [4.78, 5) is 2.24. The molecule has 0 saturated carbocycles. The monoisotopic (exact) mass is 300 g/mol. The number of thiocarbonyl (C=S) groups is 1. The van der Waals surface area contributed by atoms with Gasteiger partial charge in [0.2, 0.25) is 0 Å². The Morgan fingerprint density at radius 1 is 1.19 bits per heavy atom. The van der Waals surface area contributed by atoms with Crippen molar-refractivity contribution in [2.45, 2.75) is 25.8 Å². The lowest BCUT2D eigenvalue weighted by Gasteiger charge is -2.38. The minimum Gasteiger partial charge on any atom is -0.389 e. The van der Waals surface area contributed by atoms with E-state index in [0.717, 1.165) is 24.2 Å². The summed E-state index contributed by atoms with van der Waals surface area (Å²) in [6.07, 6.45) is 2.05. The first-order valence-corrected chi connectivity index (χ1v) is 7.46. The van der Waals surface area contributed by atoms with Gasteiger partial charge in [0, 0.05) is 11.7 Å². The topological polar surface area (TPSA) is 29.3 Å². The van der Waals surface area contributed by atoms with Gasteiger partial charge in [0.1, 0.15) is 10.8 Å². The molecule has 0 radical (unpaired) electrons. The van der Waals surface area contributed by atoms with Crippen molar-refractivity contribution in [2.75, 3.05) is 4.90 Å². The number of anilines is 2. The highest BCUT2D eigenvalue weighted by atomic mass is 32.1. The number of aryl methyl sites for hydroxylation is 1. The summed E-state index contributed by atoms with van der Waals surface area (Å²) in [5, 5.41) is 0. The third-order valence-electron chi connectivity index (χ3n) is 4.02. The number of hydrogen-bond donors (Lipinski definition) is 1. The van der Waals surface area contributed by atoms with E-state index in [1.54, 1.807) is 6.07 Å². The van der Waals surface area contributed by atoms with Gasteiger partial charge in [-0.15, -0.1) is 0 Å². The molecule has 2 aromatic carbocycles. The molecular weight excluding hydrogens is 283 g/mol. The van der Waals surface area contributed by atoms with E-state index in [-0.39, 0.29) is 16.8 Å². The van der Waals surface area contributed by atoms with Gasteiger partial charge in [0.05, 0.1) is 11.3 Å². The first-order chi connectivity index (χ1) is 10.1. The van der Waals surface area contributed by atoms with Crippen LogP contribution in [0.2, 0.25) is 0 Å². The van der Waals surface area contributed by atoms with Gasteiger partial charge in [-0.25, -0.2) is 4.39 Å². The van der Waals surface area contributed by atoms with Crippen LogP contribution in [0.15, 0.2) is 42.5 Å². The first kappa shape index (κ1) is 14.0. The minimum absolute atomic E-state index is 0.0957. The molecule has 0 spiro atoms. The lowest BCUT2D eigenvalue weighted by molar-refractivity contribution is 0.606. The largest absolute Gasteiger partial charge is 0.389 e. The lowest BCUT2D eigenvalue weighted by atomic mass is 9.95. The summed E-state index contributed by atoms with van der Waals surface area (Å²) in [6, 6.07) is 13.5. The molecule has 0 aromatic heterocycles. The van der Waals surface area contributed by atoms with E-state index in [0.29, 0.717) is 5.56 Å². The molecule has 108 valence electrons. The predicted molar refractivity (Wildman–Crippen MR) is 88.7 cm³/mol. The Morgan fingerprint density at radius 2 is 1.90 bits per heavy atom. The SMILES string of the molecule is CC1CCc2ccccc2N1c1cccc(F)c1C(N)=S. The zero-order valence-electron chi connectivity index (χ0n) is 11.8. The Bertz CT molecular complexity index is 699. The number of halogens is 1. The van der Waals surface area contributed by atoms with Crippen molar-refractivity contribution < 1.29 is 4.39 Å². The van der Waals surface area contributed by atoms with Gasteiger partial charge in [-0.3, -0.25) is 0 Å². The van der Waals surface area contributed by atoms with Crippen LogP contribution in [0.1, 0.15) is 24.5 Å². The molecule has 1 aliphatic heterocycles. The summed E-state index contributed by atoms with van der Waals surface area (Å²) >= 11 is 5.05. The summed E-state index contributed by atoms with van der Waals surface area (Å²) in [5.74, 6) is -0.366. The van der Waals surface area contributed by atoms with Crippen LogP contribution in [0.3, 0.4) is 0 Å². The molecule has 0 fully saturated rings. The predicted octanol–water partition coefficient (Wildman–Crippen LogP) is 3.93. The van der Waals surface area contributed by atoms with Crippen molar-refractivity contribution >= 4 is 28.6 Å². The molecule has 1 unspecified atom stereocenters. The minimum atomic E-state index is -0.366. The molecule has 0 aliphatic carbocycles. The number of benzene rings is 2. The molecule has 1 aliphatic rings. The zero-order chi connectivity index (χ0) is 15.0. The van der Waals surface area contributed by atoms with Crippen LogP contribution in [0.5, 0.6) is 0 Å². The first-order valence-electron chi connectivity index (χ1n) is 7.05. The van der Waals surface area contributed by atoms with E-state index in [1.807, 2.05) is 18.2 Å². The molecule has 0 bridgehead atoms. The van der Waals surface area contributed by atoms with E-state index < -0.39 is 0 Å². The molecule has 2 nitrogen and oxygen atoms in total. The Hall–Kier alpha value is -1.94. The van der Waals surface area contributed by atoms with Crippen LogP contribution >= 0.6 is 12.2 Å². The third-order valence-corrected chi connectivity index (χ3v) is 4.23. The molecule has 0 amide bonds. The quantitative estimate of drug-likeness (QED) is 0.852. The van der Waals surface area contributed by atoms with E-state index in [4.69, 9.17) is 18.0 Å². The molecule has 21 heavy (non-hydrogen) atoms. The van der Waals surface area contributed by atoms with Crippen LogP contribution in [-0.4, -0.2) is 11.0 Å². The standard InChI is InChI=1S/C17H17FN2S/c1-11-9-10-12-5-2-3-7-14(12)20(11)15-8-4-6-13(18)16(15)17(19)21/h2-8,11H,9-10H2,1H3,(H2,19,21). The molecule has 1 heterocycles. The Labute approximate surface area is 129 Å². The molecule has 1 atom stereocenters. The van der Waals surface area contributed by atoms with E-state index in [2.05, 4.69) is 24.0 Å². The Kier molecular flexibility index (Phi) is 3.64. The van der Waals surface area contributed by atoms with E-state index >= 15 is 0 Å². The van der Waals surface area contributed by atoms with Crippen molar-refractivity contribution in [3.63, 3.8) is 0 Å². The summed E-state index contributed by atoms with van der Waals surface area (Å²) in [6.45, 7) is 2.14. The van der Waals surface area contributed by atoms with E-state index in [9.17, 15) is 4.39 Å². The zero-order valence-corrected chi connectivity index (χ0v) is 12.7. The maximum absolute atomic E-state index is 14.2. The van der Waals surface area contributed by atoms with Gasteiger partial charge in [-0.1, -0.05) is 36.5 Å². The average Bonchev–Trinajstić information content (AvgIpc) is 2.46. The number of rotatable bonds is 2. The highest BCUT2D eigenvalue weighted by Crippen LogP contribution is 2.38. The molecule has 2 N–H and O–H groups in total. The van der Waals surface area contributed by atoms with Gasteiger partial charge >= 0.3 is 0 Å². The summed E-state index contributed by atoms with van der Waals surface area (Å²) in [7, 11) is 0. The van der Waals surface area contributed by atoms with E-state index in [1.165, 1.54) is 11.6 Å². The second kappa shape index (κ2) is 5.45. The molecular formula is C17H17FN2S. The van der Waals surface area contributed by atoms with Gasteiger partial charge in [-0.05, 0) is 43.5 Å². The van der Waals surface area contributed by atoms with Gasteiger partial charge in [0.15, 0.2) is 0 Å². The second-order valence-electron chi connectivity index (χ2n) is 5.38. The Balaban J connectivity index is 2.21. The molecule has 3 rings (SSSR count). The maximum Gasteiger partial charge on any atom is 0.135 e. The van der Waals surface area contributed by atoms with Crippen LogP contribution in [0.4, 0.5) is 15.8 Å². The maximum atomic E-state index is 14.2. The smallest absolute Gasteiger partial charge is 0.135 e. The number of nitrogens with two attached hydrogens (primary N) is 1. The fourth-order valence-corrected chi connectivity index (χ4v) is 3.21. The van der Waals surface area contributed by atoms with Crippen LogP contribution in [-0.2, 0) is 6.42 Å². The molecule has 4 heteroatoms. The van der Waals surface area contributed by atoms with Crippen molar-refractivity contribution in [3.05, 3.63) is 59.4 Å². The van der Waals surface area contributed by atoms with Crippen LogP contribution < -0.4 is 10.6 Å².